The fourth-order valence-electron chi connectivity index (χ4n) is 3.12. The number of benzene rings is 2. The van der Waals surface area contributed by atoms with Crippen LogP contribution in [-0.2, 0) is 10.0 Å². The molecular formula is C20H21ClFN3O4S. The molecule has 0 saturated carbocycles. The fourth-order valence-corrected chi connectivity index (χ4v) is 4.89. The van der Waals surface area contributed by atoms with Crippen molar-refractivity contribution in [1.29, 1.82) is 0 Å². The normalized spacial score (nSPS) is 14.5. The van der Waals surface area contributed by atoms with Gasteiger partial charge in [0.15, 0.2) is 0 Å². The molecule has 160 valence electrons. The molecule has 10 heteroatoms. The van der Waals surface area contributed by atoms with E-state index in [2.05, 4.69) is 5.32 Å². The maximum absolute atomic E-state index is 14.3. The predicted octanol–water partition coefficient (Wildman–Crippen LogP) is 3.22. The Kier molecular flexibility index (Phi) is 6.44. The summed E-state index contributed by atoms with van der Waals surface area (Å²) in [5.41, 5.74) is 0.452. The third kappa shape index (κ3) is 4.48. The van der Waals surface area contributed by atoms with Crippen LogP contribution in [0.3, 0.4) is 0 Å². The predicted molar refractivity (Wildman–Crippen MR) is 112 cm³/mol. The number of amides is 2. The molecule has 2 amide bonds. The minimum absolute atomic E-state index is 0.0467. The van der Waals surface area contributed by atoms with Crippen molar-refractivity contribution < 1.29 is 22.4 Å². The molecule has 1 fully saturated rings. The van der Waals surface area contributed by atoms with Crippen molar-refractivity contribution in [2.75, 3.05) is 32.5 Å². The highest BCUT2D eigenvalue weighted by Crippen LogP contribution is 2.27. The molecule has 2 aromatic carbocycles. The molecule has 1 aliphatic heterocycles. The van der Waals surface area contributed by atoms with Crippen molar-refractivity contribution >= 4 is 39.1 Å². The highest BCUT2D eigenvalue weighted by Gasteiger charge is 2.30. The summed E-state index contributed by atoms with van der Waals surface area (Å²) < 4.78 is 40.9. The number of nitrogens with zero attached hydrogens (tertiary/aromatic N) is 2. The molecule has 1 N–H and O–H groups in total. The van der Waals surface area contributed by atoms with Crippen LogP contribution in [0.1, 0.15) is 33.6 Å². The van der Waals surface area contributed by atoms with Gasteiger partial charge in [-0.05, 0) is 49.2 Å². The van der Waals surface area contributed by atoms with Crippen LogP contribution in [0.15, 0.2) is 41.3 Å². The Morgan fingerprint density at radius 3 is 2.33 bits per heavy atom. The molecule has 0 bridgehead atoms. The minimum atomic E-state index is -4.03. The number of hydrogen-bond acceptors (Lipinski definition) is 4. The van der Waals surface area contributed by atoms with E-state index in [1.165, 1.54) is 33.5 Å². The van der Waals surface area contributed by atoms with Gasteiger partial charge in [0.2, 0.25) is 10.0 Å². The lowest BCUT2D eigenvalue weighted by atomic mass is 10.1. The van der Waals surface area contributed by atoms with Gasteiger partial charge in [-0.25, -0.2) is 12.8 Å². The SMILES string of the molecule is CN(C)C(=O)c1ccc(Cl)c(NC(=O)c2ccc(F)c(S(=O)(=O)N3CCCC3)c2)c1. The Hall–Kier alpha value is -2.49. The summed E-state index contributed by atoms with van der Waals surface area (Å²) in [6, 6.07) is 7.58. The molecule has 1 saturated heterocycles. The molecule has 7 nitrogen and oxygen atoms in total. The first-order valence-electron chi connectivity index (χ1n) is 9.23. The molecule has 0 radical (unpaired) electrons. The van der Waals surface area contributed by atoms with Crippen molar-refractivity contribution in [3.63, 3.8) is 0 Å². The van der Waals surface area contributed by atoms with Gasteiger partial charge in [-0.1, -0.05) is 11.6 Å². The van der Waals surface area contributed by atoms with Gasteiger partial charge < -0.3 is 10.2 Å². The van der Waals surface area contributed by atoms with Crippen LogP contribution in [0, 0.1) is 5.82 Å². The van der Waals surface area contributed by atoms with E-state index in [1.54, 1.807) is 14.1 Å². The summed E-state index contributed by atoms with van der Waals surface area (Å²) in [4.78, 5) is 25.7. The van der Waals surface area contributed by atoms with Gasteiger partial charge in [0.1, 0.15) is 10.7 Å². The van der Waals surface area contributed by atoms with Gasteiger partial charge in [0.25, 0.3) is 11.8 Å². The number of rotatable bonds is 5. The smallest absolute Gasteiger partial charge is 0.255 e. The molecule has 0 atom stereocenters. The number of nitrogens with one attached hydrogen (secondary N) is 1. The van der Waals surface area contributed by atoms with E-state index in [0.717, 1.165) is 12.1 Å². The summed E-state index contributed by atoms with van der Waals surface area (Å²) in [6.45, 7) is 0.640. The van der Waals surface area contributed by atoms with Crippen molar-refractivity contribution in [1.82, 2.24) is 9.21 Å². The first-order chi connectivity index (χ1) is 14.1. The maximum Gasteiger partial charge on any atom is 0.255 e. The third-order valence-electron chi connectivity index (χ3n) is 4.74. The van der Waals surface area contributed by atoms with E-state index >= 15 is 0 Å². The van der Waals surface area contributed by atoms with Crippen molar-refractivity contribution in [3.05, 3.63) is 58.4 Å². The Bertz CT molecular complexity index is 1100. The number of carbonyl (C=O) groups excluding carboxylic acids is 2. The largest absolute Gasteiger partial charge is 0.345 e. The van der Waals surface area contributed by atoms with E-state index in [4.69, 9.17) is 11.6 Å². The summed E-state index contributed by atoms with van der Waals surface area (Å²) >= 11 is 6.13. The van der Waals surface area contributed by atoms with Crippen LogP contribution < -0.4 is 5.32 Å². The first-order valence-corrected chi connectivity index (χ1v) is 11.1. The standard InChI is InChI=1S/C20H21ClFN3O4S/c1-24(2)20(27)14-5-7-15(21)17(11-14)23-19(26)13-6-8-16(22)18(12-13)30(28,29)25-9-3-4-10-25/h5-8,11-12H,3-4,9-10H2,1-2H3,(H,23,26). The van der Waals surface area contributed by atoms with E-state index in [9.17, 15) is 22.4 Å². The van der Waals surface area contributed by atoms with E-state index in [0.29, 0.717) is 31.5 Å². The zero-order valence-electron chi connectivity index (χ0n) is 16.5. The van der Waals surface area contributed by atoms with Gasteiger partial charge >= 0.3 is 0 Å². The number of halogens is 2. The summed E-state index contributed by atoms with van der Waals surface area (Å²) in [5, 5.41) is 2.76. The lowest BCUT2D eigenvalue weighted by Gasteiger charge is -2.17. The van der Waals surface area contributed by atoms with E-state index in [-0.39, 0.29) is 22.2 Å². The Morgan fingerprint density at radius 2 is 1.70 bits per heavy atom. The van der Waals surface area contributed by atoms with Crippen LogP contribution >= 0.6 is 11.6 Å². The second kappa shape index (κ2) is 8.71. The second-order valence-corrected chi connectivity index (χ2v) is 9.42. The van der Waals surface area contributed by atoms with Gasteiger partial charge in [-0.15, -0.1) is 0 Å². The average Bonchev–Trinajstić information content (AvgIpc) is 3.25. The number of anilines is 1. The molecule has 0 aromatic heterocycles. The molecular weight excluding hydrogens is 433 g/mol. The summed E-state index contributed by atoms with van der Waals surface area (Å²) in [7, 11) is -0.845. The van der Waals surface area contributed by atoms with Crippen molar-refractivity contribution in [2.24, 2.45) is 0 Å². The summed E-state index contributed by atoms with van der Waals surface area (Å²) in [6.07, 6.45) is 1.42. The molecule has 1 aliphatic rings. The first kappa shape index (κ1) is 22.2. The van der Waals surface area contributed by atoms with Gasteiger partial charge in [-0.3, -0.25) is 9.59 Å². The van der Waals surface area contributed by atoms with Crippen LogP contribution in [0.4, 0.5) is 10.1 Å². The van der Waals surface area contributed by atoms with E-state index in [1.807, 2.05) is 0 Å². The second-order valence-electron chi connectivity index (χ2n) is 7.10. The Morgan fingerprint density at radius 1 is 1.07 bits per heavy atom. The van der Waals surface area contributed by atoms with Gasteiger partial charge in [-0.2, -0.15) is 4.31 Å². The summed E-state index contributed by atoms with van der Waals surface area (Å²) in [5.74, 6) is -1.87. The Balaban J connectivity index is 1.90. The van der Waals surface area contributed by atoms with Crippen LogP contribution in [0.25, 0.3) is 0 Å². The molecule has 30 heavy (non-hydrogen) atoms. The molecule has 0 aliphatic carbocycles. The van der Waals surface area contributed by atoms with Crippen LogP contribution in [0.5, 0.6) is 0 Å². The van der Waals surface area contributed by atoms with Crippen molar-refractivity contribution in [2.45, 2.75) is 17.7 Å². The van der Waals surface area contributed by atoms with Gasteiger partial charge in [0.05, 0.1) is 10.7 Å². The number of sulfonamides is 1. The molecule has 0 spiro atoms. The van der Waals surface area contributed by atoms with Crippen LogP contribution in [-0.4, -0.2) is 56.6 Å². The number of carbonyl (C=O) groups is 2. The zero-order chi connectivity index (χ0) is 22.1. The van der Waals surface area contributed by atoms with Gasteiger partial charge in [0, 0.05) is 38.3 Å². The molecule has 0 unspecified atom stereocenters. The highest BCUT2D eigenvalue weighted by atomic mass is 35.5. The topological polar surface area (TPSA) is 86.8 Å². The quantitative estimate of drug-likeness (QED) is 0.753. The molecule has 1 heterocycles. The lowest BCUT2D eigenvalue weighted by molar-refractivity contribution is 0.0827. The molecule has 2 aromatic rings. The lowest BCUT2D eigenvalue weighted by Crippen LogP contribution is -2.29. The van der Waals surface area contributed by atoms with Crippen LogP contribution in [0.2, 0.25) is 5.02 Å². The zero-order valence-corrected chi connectivity index (χ0v) is 18.1. The maximum atomic E-state index is 14.3. The third-order valence-corrected chi connectivity index (χ3v) is 6.99. The highest BCUT2D eigenvalue weighted by molar-refractivity contribution is 7.89. The fraction of sp³-hybridized carbons (Fsp3) is 0.300. The average molecular weight is 454 g/mol. The number of hydrogen-bond donors (Lipinski definition) is 1. The Labute approximate surface area is 179 Å². The van der Waals surface area contributed by atoms with Crippen molar-refractivity contribution in [3.8, 4) is 0 Å². The molecule has 3 rings (SSSR count). The monoisotopic (exact) mass is 453 g/mol. The minimum Gasteiger partial charge on any atom is -0.345 e. The van der Waals surface area contributed by atoms with E-state index < -0.39 is 26.6 Å².